The number of fused-ring (bicyclic) bond motifs is 1. The SMILES string of the molecule is CCCCC1(CCCC)CSc2ccccc2C(C2=CCCCC2)=N1.Cl. The molecule has 144 valence electrons. The molecule has 0 bridgehead atoms. The standard InChI is InChI=1S/C23H33NS.ClH/c1-3-5-16-23(17-6-4-2)18-25-21-15-11-10-14-20(21)22(24-23)19-12-8-7-9-13-19;/h10-12,14-15H,3-9,13,16-18H2,1-2H3;1H. The van der Waals surface area contributed by atoms with Gasteiger partial charge in [0.2, 0.25) is 0 Å². The Morgan fingerprint density at radius 2 is 1.77 bits per heavy atom. The van der Waals surface area contributed by atoms with E-state index in [1.165, 1.54) is 86.0 Å². The number of allylic oxidation sites excluding steroid dienone is 2. The number of unbranched alkanes of at least 4 members (excludes halogenated alkanes) is 2. The minimum Gasteiger partial charge on any atom is -0.277 e. The van der Waals surface area contributed by atoms with Crippen LogP contribution in [0.5, 0.6) is 0 Å². The van der Waals surface area contributed by atoms with Crippen molar-refractivity contribution in [2.45, 2.75) is 88.5 Å². The Morgan fingerprint density at radius 1 is 1.04 bits per heavy atom. The zero-order valence-electron chi connectivity index (χ0n) is 16.4. The minimum absolute atomic E-state index is 0. The lowest BCUT2D eigenvalue weighted by Gasteiger charge is -2.30. The molecule has 0 aromatic heterocycles. The first kappa shape index (κ1) is 21.6. The summed E-state index contributed by atoms with van der Waals surface area (Å²) < 4.78 is 0. The predicted octanol–water partition coefficient (Wildman–Crippen LogP) is 7.62. The van der Waals surface area contributed by atoms with E-state index in [4.69, 9.17) is 4.99 Å². The van der Waals surface area contributed by atoms with Crippen molar-refractivity contribution in [3.63, 3.8) is 0 Å². The quantitative estimate of drug-likeness (QED) is 0.465. The number of rotatable bonds is 7. The molecule has 0 atom stereocenters. The van der Waals surface area contributed by atoms with Crippen LogP contribution < -0.4 is 0 Å². The van der Waals surface area contributed by atoms with Gasteiger partial charge in [-0.1, -0.05) is 63.8 Å². The number of hydrogen-bond donors (Lipinski definition) is 0. The Bertz CT molecular complexity index is 627. The van der Waals surface area contributed by atoms with Crippen molar-refractivity contribution in [2.75, 3.05) is 5.75 Å². The summed E-state index contributed by atoms with van der Waals surface area (Å²) in [7, 11) is 0. The van der Waals surface area contributed by atoms with E-state index in [0.29, 0.717) is 0 Å². The molecule has 0 saturated carbocycles. The van der Waals surface area contributed by atoms with E-state index < -0.39 is 0 Å². The van der Waals surface area contributed by atoms with Crippen molar-refractivity contribution >= 4 is 29.9 Å². The van der Waals surface area contributed by atoms with Gasteiger partial charge in [-0.05, 0) is 50.2 Å². The van der Waals surface area contributed by atoms with Crippen LogP contribution >= 0.6 is 24.2 Å². The molecule has 1 nitrogen and oxygen atoms in total. The topological polar surface area (TPSA) is 12.4 Å². The fourth-order valence-electron chi connectivity index (χ4n) is 4.02. The summed E-state index contributed by atoms with van der Waals surface area (Å²) >= 11 is 2.04. The molecule has 1 heterocycles. The molecule has 0 spiro atoms. The van der Waals surface area contributed by atoms with E-state index in [-0.39, 0.29) is 17.9 Å². The maximum absolute atomic E-state index is 5.57. The first-order valence-corrected chi connectivity index (χ1v) is 11.3. The van der Waals surface area contributed by atoms with Gasteiger partial charge < -0.3 is 0 Å². The molecule has 3 heteroatoms. The Labute approximate surface area is 170 Å². The monoisotopic (exact) mass is 391 g/mol. The summed E-state index contributed by atoms with van der Waals surface area (Å²) in [5, 5.41) is 0. The van der Waals surface area contributed by atoms with Gasteiger partial charge in [0, 0.05) is 16.2 Å². The largest absolute Gasteiger partial charge is 0.277 e. The van der Waals surface area contributed by atoms with E-state index in [9.17, 15) is 0 Å². The Balaban J connectivity index is 0.00000243. The fourth-order valence-corrected chi connectivity index (χ4v) is 5.29. The second-order valence-corrected chi connectivity index (χ2v) is 8.67. The van der Waals surface area contributed by atoms with Crippen LogP contribution in [0.3, 0.4) is 0 Å². The molecular formula is C23H34ClNS. The van der Waals surface area contributed by atoms with Crippen molar-refractivity contribution in [2.24, 2.45) is 4.99 Å². The summed E-state index contributed by atoms with van der Waals surface area (Å²) in [5.41, 5.74) is 4.35. The second-order valence-electron chi connectivity index (χ2n) is 7.65. The summed E-state index contributed by atoms with van der Waals surface area (Å²) in [6.45, 7) is 4.61. The number of aliphatic imine (C=N–C) groups is 1. The van der Waals surface area contributed by atoms with Gasteiger partial charge in [0.1, 0.15) is 0 Å². The average molecular weight is 392 g/mol. The Morgan fingerprint density at radius 3 is 2.42 bits per heavy atom. The van der Waals surface area contributed by atoms with Crippen LogP contribution in [0.2, 0.25) is 0 Å². The molecule has 3 rings (SSSR count). The molecule has 1 aliphatic heterocycles. The van der Waals surface area contributed by atoms with Crippen LogP contribution in [-0.2, 0) is 0 Å². The van der Waals surface area contributed by atoms with Gasteiger partial charge in [-0.2, -0.15) is 0 Å². The van der Waals surface area contributed by atoms with Gasteiger partial charge in [-0.3, -0.25) is 4.99 Å². The molecule has 0 N–H and O–H groups in total. The van der Waals surface area contributed by atoms with E-state index in [1.54, 1.807) is 0 Å². The van der Waals surface area contributed by atoms with Crippen molar-refractivity contribution in [3.05, 3.63) is 41.5 Å². The van der Waals surface area contributed by atoms with Crippen LogP contribution in [0.4, 0.5) is 0 Å². The summed E-state index contributed by atoms with van der Waals surface area (Å²) in [6.07, 6.45) is 15.1. The van der Waals surface area contributed by atoms with E-state index in [2.05, 4.69) is 44.2 Å². The number of nitrogens with zero attached hydrogens (tertiary/aromatic N) is 1. The maximum Gasteiger partial charge on any atom is 0.0709 e. The average Bonchev–Trinajstić information content (AvgIpc) is 2.84. The highest BCUT2D eigenvalue weighted by molar-refractivity contribution is 7.99. The molecular weight excluding hydrogens is 358 g/mol. The normalized spacial score (nSPS) is 18.8. The fraction of sp³-hybridized carbons (Fsp3) is 0.609. The van der Waals surface area contributed by atoms with Crippen molar-refractivity contribution in [3.8, 4) is 0 Å². The van der Waals surface area contributed by atoms with Crippen LogP contribution in [-0.4, -0.2) is 17.0 Å². The number of hydrogen-bond acceptors (Lipinski definition) is 2. The zero-order valence-corrected chi connectivity index (χ0v) is 18.1. The van der Waals surface area contributed by atoms with Crippen molar-refractivity contribution in [1.29, 1.82) is 0 Å². The van der Waals surface area contributed by atoms with Gasteiger partial charge in [-0.15, -0.1) is 24.2 Å². The third kappa shape index (κ3) is 5.16. The lowest BCUT2D eigenvalue weighted by Crippen LogP contribution is -2.31. The number of benzene rings is 1. The summed E-state index contributed by atoms with van der Waals surface area (Å²) in [5.74, 6) is 1.14. The lowest BCUT2D eigenvalue weighted by molar-refractivity contribution is 0.386. The van der Waals surface area contributed by atoms with Crippen LogP contribution in [0.15, 0.2) is 45.8 Å². The van der Waals surface area contributed by atoms with Crippen LogP contribution in [0.1, 0.15) is 83.6 Å². The van der Waals surface area contributed by atoms with Crippen LogP contribution in [0.25, 0.3) is 0 Å². The van der Waals surface area contributed by atoms with E-state index >= 15 is 0 Å². The minimum atomic E-state index is 0. The van der Waals surface area contributed by atoms with Gasteiger partial charge >= 0.3 is 0 Å². The van der Waals surface area contributed by atoms with Crippen LogP contribution in [0, 0.1) is 0 Å². The summed E-state index contributed by atoms with van der Waals surface area (Å²) in [4.78, 5) is 7.01. The Kier molecular flexibility index (Phi) is 8.76. The van der Waals surface area contributed by atoms with Gasteiger partial charge in [0.05, 0.1) is 11.3 Å². The van der Waals surface area contributed by atoms with E-state index in [1.807, 2.05) is 11.8 Å². The smallest absolute Gasteiger partial charge is 0.0709 e. The zero-order chi connectivity index (χ0) is 17.5. The van der Waals surface area contributed by atoms with E-state index in [0.717, 1.165) is 5.75 Å². The van der Waals surface area contributed by atoms with Crippen molar-refractivity contribution < 1.29 is 0 Å². The first-order valence-electron chi connectivity index (χ1n) is 10.3. The third-order valence-corrected chi connectivity index (χ3v) is 6.92. The third-order valence-electron chi connectivity index (χ3n) is 5.57. The van der Waals surface area contributed by atoms with Gasteiger partial charge in [0.25, 0.3) is 0 Å². The molecule has 0 unspecified atom stereocenters. The summed E-state index contributed by atoms with van der Waals surface area (Å²) in [6, 6.07) is 8.97. The number of halogens is 1. The molecule has 0 fully saturated rings. The molecule has 0 saturated heterocycles. The molecule has 0 radical (unpaired) electrons. The number of thioether (sulfide) groups is 1. The predicted molar refractivity (Wildman–Crippen MR) is 119 cm³/mol. The maximum atomic E-state index is 5.57. The van der Waals surface area contributed by atoms with Gasteiger partial charge in [-0.25, -0.2) is 0 Å². The first-order chi connectivity index (χ1) is 12.3. The van der Waals surface area contributed by atoms with Gasteiger partial charge in [0.15, 0.2) is 0 Å². The van der Waals surface area contributed by atoms with Crippen molar-refractivity contribution in [1.82, 2.24) is 0 Å². The second kappa shape index (κ2) is 10.6. The molecule has 0 amide bonds. The lowest BCUT2D eigenvalue weighted by atomic mass is 9.87. The molecule has 26 heavy (non-hydrogen) atoms. The molecule has 2 aliphatic rings. The molecule has 1 aromatic carbocycles. The highest BCUT2D eigenvalue weighted by atomic mass is 35.5. The highest BCUT2D eigenvalue weighted by Crippen LogP contribution is 2.40. The molecule has 1 aliphatic carbocycles. The molecule has 1 aromatic rings. The Hall–Kier alpha value is -0.730. The highest BCUT2D eigenvalue weighted by Gasteiger charge is 2.33.